The monoisotopic (exact) mass is 244 g/mol. The fourth-order valence-corrected chi connectivity index (χ4v) is 8.28. The van der Waals surface area contributed by atoms with Crippen molar-refractivity contribution in [3.63, 3.8) is 0 Å². The summed E-state index contributed by atoms with van der Waals surface area (Å²) in [7, 11) is 0.406. The fraction of sp³-hybridized carbons (Fsp3) is 0.467. The lowest BCUT2D eigenvalue weighted by Crippen LogP contribution is -2.55. The molecular formula is C15H20OSi. The number of allylic oxidation sites excluding steroid dienone is 1. The molecule has 0 N–H and O–H groups in total. The molecular weight excluding hydrogens is 224 g/mol. The molecule has 2 unspecified atom stereocenters. The summed E-state index contributed by atoms with van der Waals surface area (Å²) in [5, 5.41) is 1.58. The van der Waals surface area contributed by atoms with E-state index in [-0.39, 0.29) is 0 Å². The molecule has 3 rings (SSSR count). The van der Waals surface area contributed by atoms with Crippen molar-refractivity contribution in [2.45, 2.75) is 32.0 Å². The first-order valence-corrected chi connectivity index (χ1v) is 9.50. The van der Waals surface area contributed by atoms with E-state index in [1.807, 2.05) is 0 Å². The Bertz CT molecular complexity index is 502. The minimum absolute atomic E-state index is 0.863. The van der Waals surface area contributed by atoms with Gasteiger partial charge in [-0.05, 0) is 40.8 Å². The van der Waals surface area contributed by atoms with Gasteiger partial charge in [-0.3, -0.25) is 0 Å². The number of rotatable bonds is 1. The number of hydrogen-bond acceptors (Lipinski definition) is 1. The smallest absolute Gasteiger partial charge is 0.118 e. The topological polar surface area (TPSA) is 9.23 Å². The average Bonchev–Trinajstić information content (AvgIpc) is 2.26. The second kappa shape index (κ2) is 3.48. The van der Waals surface area contributed by atoms with Crippen LogP contribution in [0, 0.1) is 5.92 Å². The molecule has 0 amide bonds. The molecule has 1 heterocycles. The maximum Gasteiger partial charge on any atom is 0.118 e. The number of benzene rings is 1. The Balaban J connectivity index is 2.16. The largest absolute Gasteiger partial charge is 0.497 e. The van der Waals surface area contributed by atoms with Gasteiger partial charge in [-0.1, -0.05) is 37.7 Å². The number of fused-ring (bicyclic) bond motifs is 2. The third-order valence-corrected chi connectivity index (χ3v) is 8.92. The molecule has 0 bridgehead atoms. The standard InChI is InChI=1S/C15H20OSi/c1-10-7-12-8-11-5-6-13(16-2)9-14(11)17(3,4)15(10)12/h5-6,8-10,15H,7H2,1-4H3. The van der Waals surface area contributed by atoms with Gasteiger partial charge in [0, 0.05) is 0 Å². The lowest BCUT2D eigenvalue weighted by Gasteiger charge is -2.50. The van der Waals surface area contributed by atoms with E-state index in [0.29, 0.717) is 0 Å². The molecule has 0 saturated heterocycles. The molecule has 90 valence electrons. The lowest BCUT2D eigenvalue weighted by molar-refractivity contribution is 0.415. The molecule has 0 radical (unpaired) electrons. The number of hydrogen-bond donors (Lipinski definition) is 0. The summed E-state index contributed by atoms with van der Waals surface area (Å²) >= 11 is 0. The van der Waals surface area contributed by atoms with E-state index in [0.717, 1.165) is 17.2 Å². The van der Waals surface area contributed by atoms with Gasteiger partial charge in [0.05, 0.1) is 15.2 Å². The maximum atomic E-state index is 5.38. The van der Waals surface area contributed by atoms with Crippen molar-refractivity contribution in [2.75, 3.05) is 7.11 Å². The van der Waals surface area contributed by atoms with Crippen molar-refractivity contribution in [2.24, 2.45) is 5.92 Å². The first-order chi connectivity index (χ1) is 8.04. The fourth-order valence-electron chi connectivity index (χ4n) is 3.86. The summed E-state index contributed by atoms with van der Waals surface area (Å²) in [4.78, 5) is 0. The van der Waals surface area contributed by atoms with E-state index in [4.69, 9.17) is 4.74 Å². The second-order valence-electron chi connectivity index (χ2n) is 6.05. The van der Waals surface area contributed by atoms with Crippen molar-refractivity contribution >= 4 is 19.3 Å². The molecule has 0 aromatic heterocycles. The van der Waals surface area contributed by atoms with Gasteiger partial charge in [-0.2, -0.15) is 0 Å². The van der Waals surface area contributed by atoms with Crippen molar-refractivity contribution in [1.82, 2.24) is 0 Å². The van der Waals surface area contributed by atoms with Gasteiger partial charge in [0.15, 0.2) is 0 Å². The van der Waals surface area contributed by atoms with E-state index < -0.39 is 8.07 Å². The summed E-state index contributed by atoms with van der Waals surface area (Å²) in [6, 6.07) is 6.60. The lowest BCUT2D eigenvalue weighted by atomic mass is 9.79. The van der Waals surface area contributed by atoms with Gasteiger partial charge >= 0.3 is 0 Å². The molecule has 0 spiro atoms. The molecule has 17 heavy (non-hydrogen) atoms. The van der Waals surface area contributed by atoms with Crippen LogP contribution in [0.1, 0.15) is 18.9 Å². The van der Waals surface area contributed by atoms with Crippen LogP contribution in [0.4, 0.5) is 0 Å². The van der Waals surface area contributed by atoms with Crippen LogP contribution >= 0.6 is 0 Å². The van der Waals surface area contributed by atoms with Crippen molar-refractivity contribution in [3.05, 3.63) is 29.3 Å². The van der Waals surface area contributed by atoms with Crippen LogP contribution in [-0.4, -0.2) is 15.2 Å². The second-order valence-corrected chi connectivity index (χ2v) is 10.7. The van der Waals surface area contributed by atoms with Gasteiger partial charge in [0.25, 0.3) is 0 Å². The van der Waals surface area contributed by atoms with Crippen LogP contribution in [0.3, 0.4) is 0 Å². The maximum absolute atomic E-state index is 5.38. The Hall–Kier alpha value is -1.02. The molecule has 2 heteroatoms. The van der Waals surface area contributed by atoms with E-state index >= 15 is 0 Å². The highest BCUT2D eigenvalue weighted by molar-refractivity contribution is 6.92. The molecule has 2 atom stereocenters. The Morgan fingerprint density at radius 3 is 2.71 bits per heavy atom. The quantitative estimate of drug-likeness (QED) is 0.688. The number of methoxy groups -OCH3 is 1. The zero-order valence-corrected chi connectivity index (χ0v) is 12.1. The van der Waals surface area contributed by atoms with Crippen LogP contribution in [0.15, 0.2) is 23.8 Å². The van der Waals surface area contributed by atoms with Gasteiger partial charge in [0.1, 0.15) is 5.75 Å². The molecule has 1 aromatic rings. The van der Waals surface area contributed by atoms with Gasteiger partial charge in [-0.15, -0.1) is 0 Å². The molecule has 2 aliphatic rings. The predicted octanol–water partition coefficient (Wildman–Crippen LogP) is 3.42. The van der Waals surface area contributed by atoms with Gasteiger partial charge < -0.3 is 4.74 Å². The third-order valence-electron chi connectivity index (χ3n) is 4.60. The van der Waals surface area contributed by atoms with Crippen LogP contribution in [0.25, 0.3) is 6.08 Å². The van der Waals surface area contributed by atoms with Crippen molar-refractivity contribution in [3.8, 4) is 5.75 Å². The Morgan fingerprint density at radius 2 is 2.06 bits per heavy atom. The van der Waals surface area contributed by atoms with Crippen LogP contribution in [-0.2, 0) is 0 Å². The van der Waals surface area contributed by atoms with E-state index in [2.05, 4.69) is 44.3 Å². The first-order valence-electron chi connectivity index (χ1n) is 6.43. The highest BCUT2D eigenvalue weighted by Gasteiger charge is 2.48. The Morgan fingerprint density at radius 1 is 1.29 bits per heavy atom. The van der Waals surface area contributed by atoms with E-state index in [1.54, 1.807) is 17.9 Å². The van der Waals surface area contributed by atoms with Gasteiger partial charge in [0.2, 0.25) is 0 Å². The molecule has 1 fully saturated rings. The summed E-state index contributed by atoms with van der Waals surface area (Å²) < 4.78 is 5.38. The number of ether oxygens (including phenoxy) is 1. The van der Waals surface area contributed by atoms with E-state index in [1.165, 1.54) is 12.0 Å². The summed E-state index contributed by atoms with van der Waals surface area (Å²) in [5.41, 5.74) is 4.01. The van der Waals surface area contributed by atoms with Crippen LogP contribution < -0.4 is 9.92 Å². The third kappa shape index (κ3) is 1.43. The first kappa shape index (κ1) is 11.1. The van der Waals surface area contributed by atoms with Crippen LogP contribution in [0.5, 0.6) is 5.75 Å². The van der Waals surface area contributed by atoms with Gasteiger partial charge in [-0.25, -0.2) is 0 Å². The molecule has 1 aliphatic carbocycles. The summed E-state index contributed by atoms with van der Waals surface area (Å²) in [6.07, 6.45) is 3.74. The Labute approximate surface area is 105 Å². The Kier molecular flexibility index (Phi) is 2.27. The summed E-state index contributed by atoms with van der Waals surface area (Å²) in [6.45, 7) is 7.43. The highest BCUT2D eigenvalue weighted by atomic mass is 28.3. The average molecular weight is 244 g/mol. The molecule has 1 saturated carbocycles. The highest BCUT2D eigenvalue weighted by Crippen LogP contribution is 2.53. The zero-order valence-electron chi connectivity index (χ0n) is 11.1. The SMILES string of the molecule is COc1ccc2c(c1)[Si](C)(C)C1C(=C2)CC1C. The predicted molar refractivity (Wildman–Crippen MR) is 75.6 cm³/mol. The van der Waals surface area contributed by atoms with E-state index in [9.17, 15) is 0 Å². The van der Waals surface area contributed by atoms with Crippen molar-refractivity contribution < 1.29 is 4.74 Å². The molecule has 1 nitrogen and oxygen atoms in total. The minimum Gasteiger partial charge on any atom is -0.497 e. The normalized spacial score (nSPS) is 28.6. The van der Waals surface area contributed by atoms with Crippen molar-refractivity contribution in [1.29, 1.82) is 0 Å². The zero-order chi connectivity index (χ0) is 12.2. The summed E-state index contributed by atoms with van der Waals surface area (Å²) in [5.74, 6) is 1.88. The minimum atomic E-state index is -1.35. The molecule has 1 aromatic carbocycles. The van der Waals surface area contributed by atoms with Crippen LogP contribution in [0.2, 0.25) is 18.6 Å². The molecule has 1 aliphatic heterocycles.